The fourth-order valence-corrected chi connectivity index (χ4v) is 4.58. The van der Waals surface area contributed by atoms with Crippen LogP contribution < -0.4 is 0 Å². The van der Waals surface area contributed by atoms with Gasteiger partial charge in [-0.3, -0.25) is 0 Å². The lowest BCUT2D eigenvalue weighted by molar-refractivity contribution is 0.177. The van der Waals surface area contributed by atoms with Gasteiger partial charge in [0.15, 0.2) is 0 Å². The molecule has 0 atom stereocenters. The summed E-state index contributed by atoms with van der Waals surface area (Å²) in [6, 6.07) is 5.09. The number of methoxy groups -OCH3 is 1. The number of hydrogen-bond donors (Lipinski definition) is 0. The summed E-state index contributed by atoms with van der Waals surface area (Å²) in [5.74, 6) is 0. The van der Waals surface area contributed by atoms with Crippen LogP contribution in [0.2, 0.25) is 0 Å². The van der Waals surface area contributed by atoms with Gasteiger partial charge in [-0.2, -0.15) is 9.57 Å². The molecule has 0 spiro atoms. The van der Waals surface area contributed by atoms with Crippen LogP contribution in [0, 0.1) is 11.3 Å². The summed E-state index contributed by atoms with van der Waals surface area (Å²) in [5.41, 5.74) is 0. The third-order valence-corrected chi connectivity index (χ3v) is 6.13. The number of hydrogen-bond acceptors (Lipinski definition) is 5. The maximum atomic E-state index is 12.4. The second kappa shape index (κ2) is 5.36. The molecular weight excluding hydrogens is 272 g/mol. The SMILES string of the molecule is COCCN(C1CC1)S(=O)(=O)c1ccc(C#N)s1. The number of ether oxygens (including phenoxy) is 1. The Hall–Kier alpha value is -0.940. The van der Waals surface area contributed by atoms with Gasteiger partial charge in [-0.15, -0.1) is 11.3 Å². The van der Waals surface area contributed by atoms with Gasteiger partial charge in [0.25, 0.3) is 10.0 Å². The highest BCUT2D eigenvalue weighted by atomic mass is 32.2. The van der Waals surface area contributed by atoms with Crippen LogP contribution in [0.3, 0.4) is 0 Å². The van der Waals surface area contributed by atoms with E-state index in [1.54, 1.807) is 13.2 Å². The van der Waals surface area contributed by atoms with E-state index < -0.39 is 10.0 Å². The Labute approximate surface area is 111 Å². The van der Waals surface area contributed by atoms with Crippen molar-refractivity contribution in [2.24, 2.45) is 0 Å². The lowest BCUT2D eigenvalue weighted by atomic mass is 10.5. The van der Waals surface area contributed by atoms with E-state index in [0.717, 1.165) is 24.2 Å². The first kappa shape index (κ1) is 13.5. The van der Waals surface area contributed by atoms with Crippen molar-refractivity contribution in [3.63, 3.8) is 0 Å². The molecular formula is C11H14N2O3S2. The summed E-state index contributed by atoms with van der Waals surface area (Å²) in [5, 5.41) is 8.75. The number of sulfonamides is 1. The van der Waals surface area contributed by atoms with E-state index in [4.69, 9.17) is 10.00 Å². The lowest BCUT2D eigenvalue weighted by Crippen LogP contribution is -2.35. The summed E-state index contributed by atoms with van der Waals surface area (Å²) < 4.78 is 31.5. The number of nitriles is 1. The van der Waals surface area contributed by atoms with Gasteiger partial charge < -0.3 is 4.74 Å². The summed E-state index contributed by atoms with van der Waals surface area (Å²) in [4.78, 5) is 0.413. The Balaban J connectivity index is 2.24. The van der Waals surface area contributed by atoms with E-state index in [9.17, 15) is 8.42 Å². The van der Waals surface area contributed by atoms with Crippen LogP contribution in [0.15, 0.2) is 16.3 Å². The maximum Gasteiger partial charge on any atom is 0.252 e. The summed E-state index contributed by atoms with van der Waals surface area (Å²) in [6.07, 6.45) is 1.80. The van der Waals surface area contributed by atoms with E-state index in [0.29, 0.717) is 18.0 Å². The summed E-state index contributed by atoms with van der Waals surface area (Å²) >= 11 is 1.02. The molecule has 1 aliphatic rings. The molecule has 7 heteroatoms. The average molecular weight is 286 g/mol. The second-order valence-corrected chi connectivity index (χ2v) is 7.27. The molecule has 18 heavy (non-hydrogen) atoms. The minimum atomic E-state index is -3.48. The zero-order valence-electron chi connectivity index (χ0n) is 10.00. The molecule has 1 aromatic rings. The van der Waals surface area contributed by atoms with Gasteiger partial charge in [0, 0.05) is 19.7 Å². The van der Waals surface area contributed by atoms with Gasteiger partial charge in [0.1, 0.15) is 15.2 Å². The van der Waals surface area contributed by atoms with Crippen molar-refractivity contribution in [3.05, 3.63) is 17.0 Å². The minimum Gasteiger partial charge on any atom is -0.383 e. The molecule has 1 aromatic heterocycles. The fourth-order valence-electron chi connectivity index (χ4n) is 1.68. The van der Waals surface area contributed by atoms with Crippen LogP contribution in [0.5, 0.6) is 0 Å². The van der Waals surface area contributed by atoms with Crippen LogP contribution in [0.25, 0.3) is 0 Å². The molecule has 2 rings (SSSR count). The zero-order valence-corrected chi connectivity index (χ0v) is 11.6. The molecule has 1 aliphatic carbocycles. The van der Waals surface area contributed by atoms with Gasteiger partial charge in [-0.25, -0.2) is 8.42 Å². The molecule has 0 unspecified atom stereocenters. The Bertz CT molecular complexity index is 555. The molecule has 0 bridgehead atoms. The lowest BCUT2D eigenvalue weighted by Gasteiger charge is -2.20. The zero-order chi connectivity index (χ0) is 13.2. The van der Waals surface area contributed by atoms with E-state index in [1.807, 2.05) is 6.07 Å². The van der Waals surface area contributed by atoms with Crippen LogP contribution >= 0.6 is 11.3 Å². The largest absolute Gasteiger partial charge is 0.383 e. The van der Waals surface area contributed by atoms with E-state index >= 15 is 0 Å². The number of thiophene rings is 1. The molecule has 1 heterocycles. The van der Waals surface area contributed by atoms with E-state index in [-0.39, 0.29) is 10.3 Å². The average Bonchev–Trinajstić information content (AvgIpc) is 3.05. The summed E-state index contributed by atoms with van der Waals surface area (Å²) in [7, 11) is -1.93. The van der Waals surface area contributed by atoms with Crippen molar-refractivity contribution < 1.29 is 13.2 Å². The van der Waals surface area contributed by atoms with Gasteiger partial charge in [-0.05, 0) is 25.0 Å². The monoisotopic (exact) mass is 286 g/mol. The first-order valence-electron chi connectivity index (χ1n) is 5.60. The van der Waals surface area contributed by atoms with Gasteiger partial charge >= 0.3 is 0 Å². The van der Waals surface area contributed by atoms with Crippen molar-refractivity contribution in [1.82, 2.24) is 4.31 Å². The maximum absolute atomic E-state index is 12.4. The summed E-state index contributed by atoms with van der Waals surface area (Å²) in [6.45, 7) is 0.746. The molecule has 0 saturated heterocycles. The molecule has 0 amide bonds. The Morgan fingerprint density at radius 2 is 2.28 bits per heavy atom. The van der Waals surface area contributed by atoms with Crippen molar-refractivity contribution in [2.75, 3.05) is 20.3 Å². The minimum absolute atomic E-state index is 0.0952. The van der Waals surface area contributed by atoms with Crippen molar-refractivity contribution in [2.45, 2.75) is 23.1 Å². The molecule has 0 aromatic carbocycles. The van der Waals surface area contributed by atoms with Crippen LogP contribution in [0.1, 0.15) is 17.7 Å². The Morgan fingerprint density at radius 3 is 2.78 bits per heavy atom. The molecule has 98 valence electrons. The van der Waals surface area contributed by atoms with Gasteiger partial charge in [0.05, 0.1) is 6.61 Å². The molecule has 1 saturated carbocycles. The van der Waals surface area contributed by atoms with Crippen LogP contribution in [-0.2, 0) is 14.8 Å². The molecule has 5 nitrogen and oxygen atoms in total. The highest BCUT2D eigenvalue weighted by molar-refractivity contribution is 7.91. The normalized spacial score (nSPS) is 15.8. The van der Waals surface area contributed by atoms with Gasteiger partial charge in [0.2, 0.25) is 0 Å². The Kier molecular flexibility index (Phi) is 4.02. The first-order chi connectivity index (χ1) is 8.59. The molecule has 1 fully saturated rings. The first-order valence-corrected chi connectivity index (χ1v) is 7.86. The molecule has 0 aliphatic heterocycles. The third kappa shape index (κ3) is 2.72. The number of rotatable bonds is 6. The quantitative estimate of drug-likeness (QED) is 0.793. The van der Waals surface area contributed by atoms with Crippen LogP contribution in [0.4, 0.5) is 0 Å². The van der Waals surface area contributed by atoms with Crippen molar-refractivity contribution >= 4 is 21.4 Å². The molecule has 0 radical (unpaired) electrons. The Morgan fingerprint density at radius 1 is 1.56 bits per heavy atom. The third-order valence-electron chi connectivity index (χ3n) is 2.72. The highest BCUT2D eigenvalue weighted by Gasteiger charge is 2.38. The molecule has 0 N–H and O–H groups in total. The smallest absolute Gasteiger partial charge is 0.252 e. The van der Waals surface area contributed by atoms with Gasteiger partial charge in [-0.1, -0.05) is 0 Å². The standard InChI is InChI=1S/C11H14N2O3S2/c1-16-7-6-13(9-2-3-9)18(14,15)11-5-4-10(8-12)17-11/h4-5,9H,2-3,6-7H2,1H3. The predicted molar refractivity (Wildman–Crippen MR) is 67.8 cm³/mol. The van der Waals surface area contributed by atoms with E-state index in [2.05, 4.69) is 0 Å². The van der Waals surface area contributed by atoms with E-state index in [1.165, 1.54) is 10.4 Å². The highest BCUT2D eigenvalue weighted by Crippen LogP contribution is 2.33. The van der Waals surface area contributed by atoms with Crippen molar-refractivity contribution in [1.29, 1.82) is 5.26 Å². The fraction of sp³-hybridized carbons (Fsp3) is 0.545. The topological polar surface area (TPSA) is 70.4 Å². The van der Waals surface area contributed by atoms with Crippen molar-refractivity contribution in [3.8, 4) is 6.07 Å². The second-order valence-electron chi connectivity index (χ2n) is 4.07. The number of nitrogens with zero attached hydrogens (tertiary/aromatic N) is 2. The predicted octanol–water partition coefficient (Wildman–Crippen LogP) is 1.42. The van der Waals surface area contributed by atoms with Crippen LogP contribution in [-0.4, -0.2) is 39.0 Å².